The van der Waals surface area contributed by atoms with Gasteiger partial charge in [-0.15, -0.1) is 0 Å². The molecule has 0 bridgehead atoms. The molecule has 0 spiro atoms. The minimum absolute atomic E-state index is 0.0973. The van der Waals surface area contributed by atoms with Crippen molar-refractivity contribution in [3.05, 3.63) is 71.8 Å². The van der Waals surface area contributed by atoms with Crippen LogP contribution in [-0.4, -0.2) is 38.5 Å². The number of aliphatic carboxylic acids is 1. The lowest BCUT2D eigenvalue weighted by Crippen LogP contribution is -2.19. The van der Waals surface area contributed by atoms with Gasteiger partial charge in [-0.2, -0.15) is 0 Å². The van der Waals surface area contributed by atoms with Gasteiger partial charge in [-0.3, -0.25) is 9.78 Å². The fourth-order valence-electron chi connectivity index (χ4n) is 3.63. The number of aromatic nitrogens is 1. The third kappa shape index (κ3) is 5.54. The van der Waals surface area contributed by atoms with E-state index in [2.05, 4.69) is 13.2 Å². The summed E-state index contributed by atoms with van der Waals surface area (Å²) in [5.41, 5.74) is 4.70. The largest absolute Gasteiger partial charge is 0.481 e. The second kappa shape index (κ2) is 9.81. The number of nitrogens with zero attached hydrogens (tertiary/aromatic N) is 1. The number of aliphatic hydroxyl groups excluding tert-OH is 2. The molecule has 3 N–H and O–H groups in total. The van der Waals surface area contributed by atoms with Crippen LogP contribution in [-0.2, 0) is 4.79 Å². The zero-order valence-electron chi connectivity index (χ0n) is 17.2. The highest BCUT2D eigenvalue weighted by atomic mass is 19.1. The van der Waals surface area contributed by atoms with Crippen LogP contribution in [0.25, 0.3) is 29.4 Å². The Morgan fingerprint density at radius 3 is 2.39 bits per heavy atom. The Morgan fingerprint density at radius 2 is 1.84 bits per heavy atom. The number of carbonyl (C=O) groups is 1. The average molecular weight is 423 g/mol. The van der Waals surface area contributed by atoms with Crippen molar-refractivity contribution in [1.29, 1.82) is 0 Å². The lowest BCUT2D eigenvalue weighted by molar-refractivity contribution is -0.139. The van der Waals surface area contributed by atoms with Gasteiger partial charge in [-0.1, -0.05) is 43.5 Å². The van der Waals surface area contributed by atoms with E-state index in [1.54, 1.807) is 30.4 Å². The van der Waals surface area contributed by atoms with E-state index in [-0.39, 0.29) is 18.2 Å². The first-order valence-electron chi connectivity index (χ1n) is 10.2. The quantitative estimate of drug-likeness (QED) is 0.517. The summed E-state index contributed by atoms with van der Waals surface area (Å²) in [4.78, 5) is 15.5. The first kappa shape index (κ1) is 22.6. The van der Waals surface area contributed by atoms with Crippen molar-refractivity contribution in [2.45, 2.75) is 43.8 Å². The maximum atomic E-state index is 13.6. The number of rotatable bonds is 10. The van der Waals surface area contributed by atoms with Gasteiger partial charge in [0.1, 0.15) is 5.82 Å². The van der Waals surface area contributed by atoms with Crippen molar-refractivity contribution in [2.75, 3.05) is 0 Å². The lowest BCUT2D eigenvalue weighted by Gasteiger charge is -2.18. The summed E-state index contributed by atoms with van der Waals surface area (Å²) in [6.07, 6.45) is 5.91. The molecule has 162 valence electrons. The lowest BCUT2D eigenvalue weighted by atomic mass is 9.90. The summed E-state index contributed by atoms with van der Waals surface area (Å²) < 4.78 is 13.6. The molecule has 0 amide bonds. The highest BCUT2D eigenvalue weighted by molar-refractivity contribution is 5.87. The predicted octanol–water partition coefficient (Wildman–Crippen LogP) is 4.65. The Hall–Kier alpha value is -3.09. The molecular formula is C25H26FNO4. The minimum Gasteiger partial charge on any atom is -0.481 e. The van der Waals surface area contributed by atoms with Crippen molar-refractivity contribution in [3.63, 3.8) is 0 Å². The molecule has 5 nitrogen and oxygen atoms in total. The van der Waals surface area contributed by atoms with Gasteiger partial charge in [0.2, 0.25) is 0 Å². The number of hydrogen-bond donors (Lipinski definition) is 3. The van der Waals surface area contributed by atoms with Gasteiger partial charge >= 0.3 is 5.97 Å². The SMILES string of the molecule is C=Cc1nc(C2CC2)c(/C=C\[C@@H](O)C[C@@H](O)CC(=O)O)c(-c2ccc(F)cc2)c1C=C. The smallest absolute Gasteiger partial charge is 0.305 e. The Balaban J connectivity index is 2.08. The third-order valence-corrected chi connectivity index (χ3v) is 5.23. The van der Waals surface area contributed by atoms with Gasteiger partial charge in [-0.25, -0.2) is 4.39 Å². The molecule has 1 aliphatic rings. The van der Waals surface area contributed by atoms with Crippen LogP contribution in [0.2, 0.25) is 0 Å². The number of halogens is 1. The summed E-state index contributed by atoms with van der Waals surface area (Å²) in [6.45, 7) is 7.78. The number of pyridine rings is 1. The molecule has 31 heavy (non-hydrogen) atoms. The average Bonchev–Trinajstić information content (AvgIpc) is 3.56. The van der Waals surface area contributed by atoms with E-state index in [4.69, 9.17) is 10.1 Å². The molecule has 1 heterocycles. The monoisotopic (exact) mass is 423 g/mol. The second-order valence-electron chi connectivity index (χ2n) is 7.69. The van der Waals surface area contributed by atoms with Crippen LogP contribution < -0.4 is 0 Å². The predicted molar refractivity (Wildman–Crippen MR) is 120 cm³/mol. The summed E-state index contributed by atoms with van der Waals surface area (Å²) in [6, 6.07) is 6.15. The van der Waals surface area contributed by atoms with Gasteiger partial charge in [-0.05, 0) is 36.6 Å². The highest BCUT2D eigenvalue weighted by Gasteiger charge is 2.30. The fourth-order valence-corrected chi connectivity index (χ4v) is 3.63. The van der Waals surface area contributed by atoms with Crippen LogP contribution >= 0.6 is 0 Å². The van der Waals surface area contributed by atoms with E-state index in [0.717, 1.165) is 40.8 Å². The van der Waals surface area contributed by atoms with Gasteiger partial charge in [0, 0.05) is 29.0 Å². The molecule has 2 atom stereocenters. The van der Waals surface area contributed by atoms with Crippen LogP contribution in [0.4, 0.5) is 4.39 Å². The van der Waals surface area contributed by atoms with Crippen molar-refractivity contribution < 1.29 is 24.5 Å². The van der Waals surface area contributed by atoms with Crippen LogP contribution in [0, 0.1) is 5.82 Å². The van der Waals surface area contributed by atoms with Crippen molar-refractivity contribution in [2.24, 2.45) is 0 Å². The first-order valence-corrected chi connectivity index (χ1v) is 10.2. The maximum Gasteiger partial charge on any atom is 0.305 e. The van der Waals surface area contributed by atoms with Crippen molar-refractivity contribution >= 4 is 24.2 Å². The Labute approximate surface area is 180 Å². The molecule has 0 saturated heterocycles. The van der Waals surface area contributed by atoms with E-state index in [1.165, 1.54) is 18.2 Å². The minimum atomic E-state index is -1.15. The van der Waals surface area contributed by atoms with E-state index >= 15 is 0 Å². The Morgan fingerprint density at radius 1 is 1.16 bits per heavy atom. The van der Waals surface area contributed by atoms with Crippen molar-refractivity contribution in [1.82, 2.24) is 4.98 Å². The number of hydrogen-bond acceptors (Lipinski definition) is 4. The van der Waals surface area contributed by atoms with Gasteiger partial charge < -0.3 is 15.3 Å². The molecule has 1 saturated carbocycles. The second-order valence-corrected chi connectivity index (χ2v) is 7.69. The molecule has 0 radical (unpaired) electrons. The standard InChI is InChI=1S/C25H26FNO4/c1-3-20-22(4-2)27-25(16-5-6-16)21(24(20)15-7-9-17(26)10-8-15)12-11-18(28)13-19(29)14-23(30)31/h3-4,7-12,16,18-19,28-29H,1-2,5-6,13-14H2,(H,30,31)/b12-11-/t18-,19-/m1/s1. The molecule has 6 heteroatoms. The number of carboxylic acid groups (broad SMARTS) is 1. The molecule has 2 aromatic rings. The molecule has 3 rings (SSSR count). The summed E-state index contributed by atoms with van der Waals surface area (Å²) in [7, 11) is 0. The van der Waals surface area contributed by atoms with Gasteiger partial charge in [0.15, 0.2) is 0 Å². The van der Waals surface area contributed by atoms with E-state index < -0.39 is 24.6 Å². The molecule has 0 aliphatic heterocycles. The third-order valence-electron chi connectivity index (χ3n) is 5.23. The molecular weight excluding hydrogens is 397 g/mol. The maximum absolute atomic E-state index is 13.6. The summed E-state index contributed by atoms with van der Waals surface area (Å²) in [5, 5.41) is 28.9. The number of aliphatic hydroxyl groups is 2. The zero-order chi connectivity index (χ0) is 22.5. The van der Waals surface area contributed by atoms with Gasteiger partial charge in [0.05, 0.1) is 30.0 Å². The van der Waals surface area contributed by atoms with E-state index in [1.807, 2.05) is 0 Å². The van der Waals surface area contributed by atoms with Crippen LogP contribution in [0.5, 0.6) is 0 Å². The van der Waals surface area contributed by atoms with E-state index in [0.29, 0.717) is 5.69 Å². The first-order chi connectivity index (χ1) is 14.8. The van der Waals surface area contributed by atoms with Gasteiger partial charge in [0.25, 0.3) is 0 Å². The Bertz CT molecular complexity index is 1010. The summed E-state index contributed by atoms with van der Waals surface area (Å²) in [5.74, 6) is -1.19. The van der Waals surface area contributed by atoms with E-state index in [9.17, 15) is 19.4 Å². The molecule has 0 unspecified atom stereocenters. The summed E-state index contributed by atoms with van der Waals surface area (Å²) >= 11 is 0. The molecule has 1 aliphatic carbocycles. The van der Waals surface area contributed by atoms with Crippen LogP contribution in [0.3, 0.4) is 0 Å². The fraction of sp³-hybridized carbons (Fsp3) is 0.280. The molecule has 1 aromatic heterocycles. The van der Waals surface area contributed by atoms with Crippen molar-refractivity contribution in [3.8, 4) is 11.1 Å². The number of carboxylic acids is 1. The normalized spacial score (nSPS) is 15.6. The zero-order valence-corrected chi connectivity index (χ0v) is 17.2. The topological polar surface area (TPSA) is 90.7 Å². The molecule has 1 fully saturated rings. The number of benzene rings is 1. The molecule has 1 aromatic carbocycles. The van der Waals surface area contributed by atoms with Crippen LogP contribution in [0.1, 0.15) is 54.1 Å². The Kier molecular flexibility index (Phi) is 7.15. The highest BCUT2D eigenvalue weighted by Crippen LogP contribution is 2.45. The van der Waals surface area contributed by atoms with Crippen LogP contribution in [0.15, 0.2) is 43.5 Å².